The Hall–Kier alpha value is -1.94. The van der Waals surface area contributed by atoms with E-state index in [1.165, 1.54) is 103 Å². The molecule has 19 heteroatoms. The predicted molar refractivity (Wildman–Crippen MR) is 335 cm³/mol. The first-order valence-corrected chi connectivity index (χ1v) is 36.7. The molecule has 0 aliphatic heterocycles. The molecule has 5 atom stereocenters. The number of unbranched alkanes of at least 4 members (excludes halogenated alkanes) is 28. The second-order valence-corrected chi connectivity index (χ2v) is 28.3. The smallest absolute Gasteiger partial charge is 0.462 e. The molecular formula is C65H126O17P2. The van der Waals surface area contributed by atoms with Crippen LogP contribution >= 0.6 is 15.6 Å². The largest absolute Gasteiger partial charge is 0.472 e. The lowest BCUT2D eigenvalue weighted by atomic mass is 10.0. The number of phosphoric acid groups is 2. The summed E-state index contributed by atoms with van der Waals surface area (Å²) in [6.45, 7) is 13.9. The molecule has 0 heterocycles. The number of aliphatic hydroxyl groups is 1. The van der Waals surface area contributed by atoms with Crippen LogP contribution in [0.1, 0.15) is 312 Å². The van der Waals surface area contributed by atoms with Gasteiger partial charge in [0.05, 0.1) is 26.4 Å². The molecule has 0 aliphatic carbocycles. The molecule has 0 saturated carbocycles. The van der Waals surface area contributed by atoms with Gasteiger partial charge in [-0.25, -0.2) is 9.13 Å². The van der Waals surface area contributed by atoms with Crippen molar-refractivity contribution in [3.63, 3.8) is 0 Å². The van der Waals surface area contributed by atoms with E-state index in [0.717, 1.165) is 115 Å². The van der Waals surface area contributed by atoms with Crippen molar-refractivity contribution in [1.82, 2.24) is 0 Å². The van der Waals surface area contributed by atoms with E-state index in [9.17, 15) is 43.2 Å². The van der Waals surface area contributed by atoms with Crippen molar-refractivity contribution in [2.45, 2.75) is 331 Å². The fraction of sp³-hybridized carbons (Fsp3) is 0.938. The summed E-state index contributed by atoms with van der Waals surface area (Å²) in [5.41, 5.74) is 0. The quantitative estimate of drug-likeness (QED) is 0.0222. The topological polar surface area (TPSA) is 237 Å². The van der Waals surface area contributed by atoms with E-state index in [4.69, 9.17) is 37.0 Å². The van der Waals surface area contributed by atoms with Crippen molar-refractivity contribution < 1.29 is 80.2 Å². The Morgan fingerprint density at radius 2 is 0.500 bits per heavy atom. The second kappa shape index (κ2) is 55.2. The summed E-state index contributed by atoms with van der Waals surface area (Å²) in [7, 11) is -9.89. The van der Waals surface area contributed by atoms with Crippen LogP contribution in [0.15, 0.2) is 0 Å². The Morgan fingerprint density at radius 3 is 0.738 bits per heavy atom. The van der Waals surface area contributed by atoms with Crippen LogP contribution in [0.3, 0.4) is 0 Å². The van der Waals surface area contributed by atoms with Crippen LogP contribution in [-0.2, 0) is 65.4 Å². The minimum atomic E-state index is -4.95. The highest BCUT2D eigenvalue weighted by atomic mass is 31.2. The highest BCUT2D eigenvalue weighted by molar-refractivity contribution is 7.47. The van der Waals surface area contributed by atoms with Gasteiger partial charge in [-0.1, -0.05) is 261 Å². The molecule has 0 aliphatic rings. The van der Waals surface area contributed by atoms with E-state index in [1.807, 2.05) is 0 Å². The molecule has 17 nitrogen and oxygen atoms in total. The summed E-state index contributed by atoms with van der Waals surface area (Å²) in [5, 5.41) is 10.5. The Kier molecular flexibility index (Phi) is 53.9. The van der Waals surface area contributed by atoms with Crippen molar-refractivity contribution in [3.8, 4) is 0 Å². The number of hydrogen-bond acceptors (Lipinski definition) is 15. The molecule has 0 aromatic carbocycles. The first-order valence-electron chi connectivity index (χ1n) is 33.7. The highest BCUT2D eigenvalue weighted by Crippen LogP contribution is 2.45. The molecule has 0 spiro atoms. The number of ether oxygens (including phenoxy) is 4. The average molecular weight is 1240 g/mol. The number of phosphoric ester groups is 2. The molecule has 498 valence electrons. The van der Waals surface area contributed by atoms with Crippen molar-refractivity contribution in [2.24, 2.45) is 23.7 Å². The number of aliphatic hydroxyl groups excluding tert-OH is 1. The third-order valence-corrected chi connectivity index (χ3v) is 16.7. The van der Waals surface area contributed by atoms with Crippen molar-refractivity contribution in [2.75, 3.05) is 39.6 Å². The molecule has 0 aromatic heterocycles. The van der Waals surface area contributed by atoms with Gasteiger partial charge in [0.25, 0.3) is 0 Å². The lowest BCUT2D eigenvalue weighted by molar-refractivity contribution is -0.161. The second-order valence-electron chi connectivity index (χ2n) is 25.4. The van der Waals surface area contributed by atoms with Crippen LogP contribution < -0.4 is 0 Å². The van der Waals surface area contributed by atoms with Crippen LogP contribution in [0, 0.1) is 23.7 Å². The summed E-state index contributed by atoms with van der Waals surface area (Å²) in [5.74, 6) is 0.712. The van der Waals surface area contributed by atoms with Gasteiger partial charge in [0.2, 0.25) is 0 Å². The van der Waals surface area contributed by atoms with Crippen LogP contribution in [0.4, 0.5) is 0 Å². The third kappa shape index (κ3) is 59.0. The molecule has 3 N–H and O–H groups in total. The van der Waals surface area contributed by atoms with E-state index in [2.05, 4.69) is 55.4 Å². The van der Waals surface area contributed by atoms with Gasteiger partial charge in [0.15, 0.2) is 12.2 Å². The Labute approximate surface area is 511 Å². The van der Waals surface area contributed by atoms with Gasteiger partial charge < -0.3 is 33.8 Å². The first kappa shape index (κ1) is 82.1. The minimum absolute atomic E-state index is 0.103. The highest BCUT2D eigenvalue weighted by Gasteiger charge is 2.30. The monoisotopic (exact) mass is 1240 g/mol. The fourth-order valence-electron chi connectivity index (χ4n) is 9.61. The molecule has 0 radical (unpaired) electrons. The van der Waals surface area contributed by atoms with E-state index < -0.39 is 97.5 Å². The number of hydrogen-bond donors (Lipinski definition) is 3. The number of rotatable bonds is 62. The maximum absolute atomic E-state index is 13.0. The zero-order valence-corrected chi connectivity index (χ0v) is 56.3. The fourth-order valence-corrected chi connectivity index (χ4v) is 11.2. The molecule has 2 unspecified atom stereocenters. The van der Waals surface area contributed by atoms with Crippen LogP contribution in [-0.4, -0.2) is 96.7 Å². The van der Waals surface area contributed by atoms with Crippen molar-refractivity contribution in [1.29, 1.82) is 0 Å². The standard InChI is InChI=1S/C65H126O17P2/c1-55(2)41-33-25-17-13-11-9-10-12-14-19-31-39-47-64(69)81-60(51-75-62(67)45-37-29-23-21-27-35-43-57(5)6)53-79-83(71,72)77-49-59(66)50-78-84(73,74)80-54-61(52-76-63(68)46-38-30-24-22-28-36-44-58(7)8)82-65(70)48-40-32-20-16-15-18-26-34-42-56(3)4/h55-61,66H,9-54H2,1-8H3,(H,71,72)(H,73,74)/t59-,60-,61-/m1/s1. The van der Waals surface area contributed by atoms with Crippen LogP contribution in [0.25, 0.3) is 0 Å². The summed E-state index contributed by atoms with van der Waals surface area (Å²) < 4.78 is 68.0. The lowest BCUT2D eigenvalue weighted by Crippen LogP contribution is -2.30. The molecule has 0 rings (SSSR count). The Morgan fingerprint density at radius 1 is 0.298 bits per heavy atom. The van der Waals surface area contributed by atoms with E-state index in [0.29, 0.717) is 37.5 Å². The normalized spacial score (nSPS) is 14.4. The van der Waals surface area contributed by atoms with Gasteiger partial charge >= 0.3 is 39.5 Å². The lowest BCUT2D eigenvalue weighted by Gasteiger charge is -2.21. The predicted octanol–water partition coefficient (Wildman–Crippen LogP) is 17.8. The van der Waals surface area contributed by atoms with Gasteiger partial charge in [-0.05, 0) is 49.4 Å². The van der Waals surface area contributed by atoms with Gasteiger partial charge in [0.1, 0.15) is 19.3 Å². The van der Waals surface area contributed by atoms with Crippen LogP contribution in [0.5, 0.6) is 0 Å². The SMILES string of the molecule is CC(C)CCCCCCCCCCCCCCC(=O)O[C@H](COC(=O)CCCCCCCCC(C)C)COP(=O)(O)OC[C@@H](O)COP(=O)(O)OC[C@@H](COC(=O)CCCCCCCCC(C)C)OC(=O)CCCCCCCCCCC(C)C. The molecular weight excluding hydrogens is 1110 g/mol. The van der Waals surface area contributed by atoms with Gasteiger partial charge in [-0.2, -0.15) is 0 Å². The van der Waals surface area contributed by atoms with Crippen molar-refractivity contribution >= 4 is 39.5 Å². The maximum Gasteiger partial charge on any atom is 0.472 e. The van der Waals surface area contributed by atoms with Crippen molar-refractivity contribution in [3.05, 3.63) is 0 Å². The van der Waals surface area contributed by atoms with Gasteiger partial charge in [0, 0.05) is 25.7 Å². The summed E-state index contributed by atoms with van der Waals surface area (Å²) >= 11 is 0. The zero-order chi connectivity index (χ0) is 62.5. The summed E-state index contributed by atoms with van der Waals surface area (Å²) in [4.78, 5) is 72.2. The Balaban J connectivity index is 5.23. The minimum Gasteiger partial charge on any atom is -0.462 e. The molecule has 0 saturated heterocycles. The average Bonchev–Trinajstić information content (AvgIpc) is 3.58. The van der Waals surface area contributed by atoms with Gasteiger partial charge in [-0.3, -0.25) is 37.3 Å². The molecule has 0 bridgehead atoms. The number of esters is 4. The molecule has 0 fully saturated rings. The van der Waals surface area contributed by atoms with E-state index >= 15 is 0 Å². The van der Waals surface area contributed by atoms with Crippen LogP contribution in [0.2, 0.25) is 0 Å². The van der Waals surface area contributed by atoms with E-state index in [-0.39, 0.29) is 25.7 Å². The zero-order valence-electron chi connectivity index (χ0n) is 54.5. The Bertz CT molecular complexity index is 1680. The van der Waals surface area contributed by atoms with E-state index in [1.54, 1.807) is 0 Å². The maximum atomic E-state index is 13.0. The van der Waals surface area contributed by atoms with Gasteiger partial charge in [-0.15, -0.1) is 0 Å². The molecule has 0 aromatic rings. The molecule has 84 heavy (non-hydrogen) atoms. The summed E-state index contributed by atoms with van der Waals surface area (Å²) in [6.07, 6.45) is 35.2. The number of carbonyl (C=O) groups excluding carboxylic acids is 4. The third-order valence-electron chi connectivity index (χ3n) is 14.8. The first-order chi connectivity index (χ1) is 40.1. The number of carbonyl (C=O) groups is 4. The molecule has 0 amide bonds. The summed E-state index contributed by atoms with van der Waals surface area (Å²) in [6, 6.07) is 0.